The van der Waals surface area contributed by atoms with Crippen LogP contribution >= 0.6 is 0 Å². The van der Waals surface area contributed by atoms with Crippen molar-refractivity contribution in [1.82, 2.24) is 19.7 Å². The van der Waals surface area contributed by atoms with Crippen LogP contribution in [0.2, 0.25) is 0 Å². The van der Waals surface area contributed by atoms with E-state index in [0.29, 0.717) is 0 Å². The van der Waals surface area contributed by atoms with Crippen molar-refractivity contribution in [1.29, 1.82) is 0 Å². The minimum absolute atomic E-state index is 0.128. The van der Waals surface area contributed by atoms with Gasteiger partial charge in [-0.15, -0.1) is 0 Å². The maximum absolute atomic E-state index is 12.6. The Bertz CT molecular complexity index is 699. The summed E-state index contributed by atoms with van der Waals surface area (Å²) in [7, 11) is 2.01. The van der Waals surface area contributed by atoms with Crippen molar-refractivity contribution >= 4 is 18.2 Å². The van der Waals surface area contributed by atoms with E-state index < -0.39 is 0 Å². The van der Waals surface area contributed by atoms with Crippen LogP contribution in [-0.4, -0.2) is 63.8 Å². The summed E-state index contributed by atoms with van der Waals surface area (Å²) in [5.41, 5.74) is 0.737. The number of carbonyl (C=O) groups is 2. The van der Waals surface area contributed by atoms with E-state index in [9.17, 15) is 4.79 Å². The monoisotopic (exact) mass is 373 g/mol. The predicted octanol–water partition coefficient (Wildman–Crippen LogP) is 2.13. The van der Waals surface area contributed by atoms with Gasteiger partial charge in [0, 0.05) is 57.4 Å². The molecule has 0 radical (unpaired) electrons. The molecule has 3 rings (SSSR count). The van der Waals surface area contributed by atoms with E-state index >= 15 is 0 Å². The largest absolute Gasteiger partial charge is 0.483 e. The molecule has 0 spiro atoms. The van der Waals surface area contributed by atoms with Gasteiger partial charge in [0.2, 0.25) is 0 Å². The number of aryl methyl sites for hydroxylation is 1. The molecule has 1 aliphatic heterocycles. The van der Waals surface area contributed by atoms with Crippen LogP contribution in [0.15, 0.2) is 36.8 Å². The second kappa shape index (κ2) is 10.9. The maximum Gasteiger partial charge on any atom is 0.290 e. The summed E-state index contributed by atoms with van der Waals surface area (Å²) in [6.07, 6.45) is 9.91. The van der Waals surface area contributed by atoms with Gasteiger partial charge in [0.15, 0.2) is 0 Å². The quantitative estimate of drug-likeness (QED) is 0.780. The lowest BCUT2D eigenvalue weighted by Crippen LogP contribution is -2.35. The van der Waals surface area contributed by atoms with Crippen LogP contribution in [0.5, 0.6) is 0 Å². The molecular formula is C19H27N5O3. The second-order valence-corrected chi connectivity index (χ2v) is 6.41. The minimum Gasteiger partial charge on any atom is -0.483 e. The molecule has 0 bridgehead atoms. The van der Waals surface area contributed by atoms with E-state index in [4.69, 9.17) is 9.90 Å². The molecule has 8 nitrogen and oxygen atoms in total. The molecule has 27 heavy (non-hydrogen) atoms. The summed E-state index contributed by atoms with van der Waals surface area (Å²) in [6.45, 7) is 3.24. The standard InChI is InChI=1S/C18H25N5O.CH2O2/c1-21(10-6-14-23-13-5-8-20-23)17-15-16(7-9-19-17)18(24)22-11-3-2-4-12-22;2-1-3/h5,7-9,13,15H,2-4,6,10-12,14H2,1H3;1H,(H,2,3). The number of likely N-dealkylation sites (tertiary alicyclic amines) is 1. The molecule has 0 aliphatic carbocycles. The van der Waals surface area contributed by atoms with E-state index in [0.717, 1.165) is 56.8 Å². The number of hydrogen-bond donors (Lipinski definition) is 1. The minimum atomic E-state index is -0.250. The zero-order chi connectivity index (χ0) is 19.5. The van der Waals surface area contributed by atoms with Gasteiger partial charge in [-0.1, -0.05) is 0 Å². The number of nitrogens with zero attached hydrogens (tertiary/aromatic N) is 5. The van der Waals surface area contributed by atoms with Crippen molar-refractivity contribution in [2.75, 3.05) is 31.6 Å². The molecule has 1 fully saturated rings. The van der Waals surface area contributed by atoms with E-state index in [-0.39, 0.29) is 12.4 Å². The lowest BCUT2D eigenvalue weighted by atomic mass is 10.1. The Kier molecular flexibility index (Phi) is 8.28. The van der Waals surface area contributed by atoms with Crippen LogP contribution in [0.3, 0.4) is 0 Å². The summed E-state index contributed by atoms with van der Waals surface area (Å²) in [6, 6.07) is 5.66. The normalized spacial score (nSPS) is 13.4. The van der Waals surface area contributed by atoms with Crippen LogP contribution in [0, 0.1) is 0 Å². The maximum atomic E-state index is 12.6. The molecule has 0 unspecified atom stereocenters. The molecule has 8 heteroatoms. The van der Waals surface area contributed by atoms with Gasteiger partial charge in [0.25, 0.3) is 12.4 Å². The summed E-state index contributed by atoms with van der Waals surface area (Å²) in [5.74, 6) is 0.974. The van der Waals surface area contributed by atoms with E-state index in [1.54, 1.807) is 12.4 Å². The Balaban J connectivity index is 0.000000817. The Hall–Kier alpha value is -2.90. The van der Waals surface area contributed by atoms with Crippen LogP contribution in [0.25, 0.3) is 0 Å². The van der Waals surface area contributed by atoms with Gasteiger partial charge in [0.1, 0.15) is 5.82 Å². The Morgan fingerprint density at radius 2 is 2.04 bits per heavy atom. The number of rotatable bonds is 6. The smallest absolute Gasteiger partial charge is 0.290 e. The van der Waals surface area contributed by atoms with Crippen LogP contribution < -0.4 is 4.90 Å². The highest BCUT2D eigenvalue weighted by Gasteiger charge is 2.18. The van der Waals surface area contributed by atoms with Gasteiger partial charge >= 0.3 is 0 Å². The average molecular weight is 373 g/mol. The van der Waals surface area contributed by atoms with Crippen LogP contribution in [-0.2, 0) is 11.3 Å². The highest BCUT2D eigenvalue weighted by Crippen LogP contribution is 2.16. The molecule has 1 N–H and O–H groups in total. The van der Waals surface area contributed by atoms with Crippen molar-refractivity contribution in [3.63, 3.8) is 0 Å². The molecular weight excluding hydrogens is 346 g/mol. The number of carboxylic acid groups (broad SMARTS) is 1. The van der Waals surface area contributed by atoms with Crippen LogP contribution in [0.1, 0.15) is 36.0 Å². The summed E-state index contributed by atoms with van der Waals surface area (Å²) in [4.78, 5) is 29.4. The van der Waals surface area contributed by atoms with Crippen molar-refractivity contribution in [3.8, 4) is 0 Å². The number of amides is 1. The first kappa shape index (κ1) is 20.4. The van der Waals surface area contributed by atoms with Crippen molar-refractivity contribution in [2.24, 2.45) is 0 Å². The highest BCUT2D eigenvalue weighted by atomic mass is 16.3. The number of piperidine rings is 1. The molecule has 0 atom stereocenters. The van der Waals surface area contributed by atoms with Crippen molar-refractivity contribution < 1.29 is 14.7 Å². The molecule has 146 valence electrons. The molecule has 0 aromatic carbocycles. The second-order valence-electron chi connectivity index (χ2n) is 6.41. The fourth-order valence-corrected chi connectivity index (χ4v) is 3.06. The Morgan fingerprint density at radius 1 is 1.30 bits per heavy atom. The fraction of sp³-hybridized carbons (Fsp3) is 0.474. The molecule has 3 heterocycles. The van der Waals surface area contributed by atoms with Gasteiger partial charge < -0.3 is 14.9 Å². The average Bonchev–Trinajstić information content (AvgIpc) is 3.22. The van der Waals surface area contributed by atoms with Gasteiger partial charge in [0.05, 0.1) is 0 Å². The van der Waals surface area contributed by atoms with Gasteiger partial charge in [-0.3, -0.25) is 14.3 Å². The van der Waals surface area contributed by atoms with E-state index in [1.165, 1.54) is 6.42 Å². The van der Waals surface area contributed by atoms with Gasteiger partial charge in [-0.25, -0.2) is 4.98 Å². The third kappa shape index (κ3) is 6.40. The molecule has 0 saturated carbocycles. The van der Waals surface area contributed by atoms with Crippen molar-refractivity contribution in [2.45, 2.75) is 32.2 Å². The highest BCUT2D eigenvalue weighted by molar-refractivity contribution is 5.94. The summed E-state index contributed by atoms with van der Waals surface area (Å²) < 4.78 is 1.93. The lowest BCUT2D eigenvalue weighted by Gasteiger charge is -2.27. The van der Waals surface area contributed by atoms with E-state index in [1.807, 2.05) is 41.0 Å². The third-order valence-corrected chi connectivity index (χ3v) is 4.47. The predicted molar refractivity (Wildman–Crippen MR) is 103 cm³/mol. The molecule has 1 amide bonds. The first-order chi connectivity index (χ1) is 13.2. The molecule has 1 aliphatic rings. The number of aromatic nitrogens is 3. The van der Waals surface area contributed by atoms with Crippen LogP contribution in [0.4, 0.5) is 5.82 Å². The number of carbonyl (C=O) groups excluding carboxylic acids is 1. The molecule has 2 aromatic heterocycles. The molecule has 1 saturated heterocycles. The SMILES string of the molecule is CN(CCCn1cccn1)c1cc(C(=O)N2CCCCC2)ccn1.O=CO. The number of anilines is 1. The van der Waals surface area contributed by atoms with Gasteiger partial charge in [-0.2, -0.15) is 5.10 Å². The van der Waals surface area contributed by atoms with Gasteiger partial charge in [-0.05, 0) is 43.9 Å². The topological polar surface area (TPSA) is 91.6 Å². The first-order valence-electron chi connectivity index (χ1n) is 9.17. The number of hydrogen-bond acceptors (Lipinski definition) is 5. The molecule has 2 aromatic rings. The summed E-state index contributed by atoms with van der Waals surface area (Å²) in [5, 5.41) is 11.1. The first-order valence-corrected chi connectivity index (χ1v) is 9.17. The fourth-order valence-electron chi connectivity index (χ4n) is 3.06. The lowest BCUT2D eigenvalue weighted by molar-refractivity contribution is -0.122. The Labute approximate surface area is 159 Å². The zero-order valence-corrected chi connectivity index (χ0v) is 15.7. The van der Waals surface area contributed by atoms with E-state index in [2.05, 4.69) is 15.0 Å². The summed E-state index contributed by atoms with van der Waals surface area (Å²) >= 11 is 0. The Morgan fingerprint density at radius 3 is 2.70 bits per heavy atom. The third-order valence-electron chi connectivity index (χ3n) is 4.47. The van der Waals surface area contributed by atoms with Crippen molar-refractivity contribution in [3.05, 3.63) is 42.4 Å². The zero-order valence-electron chi connectivity index (χ0n) is 15.7. The number of pyridine rings is 1.